The molecule has 0 spiro atoms. The highest BCUT2D eigenvalue weighted by molar-refractivity contribution is 5.86. The first-order chi connectivity index (χ1) is 15.5. The number of ether oxygens (including phenoxy) is 1. The van der Waals surface area contributed by atoms with Gasteiger partial charge in [-0.3, -0.25) is 9.69 Å². The van der Waals surface area contributed by atoms with Crippen molar-refractivity contribution in [2.45, 2.75) is 52.6 Å². The first-order valence-corrected chi connectivity index (χ1v) is 11.7. The number of likely N-dealkylation sites (tertiary alicyclic amines) is 1. The van der Waals surface area contributed by atoms with Crippen LogP contribution in [0.2, 0.25) is 0 Å². The number of methoxy groups -OCH3 is 1. The molecule has 0 radical (unpaired) electrons. The first kappa shape index (κ1) is 22.4. The number of fused-ring (bicyclic) bond motifs is 1. The van der Waals surface area contributed by atoms with Gasteiger partial charge in [-0.2, -0.15) is 0 Å². The van der Waals surface area contributed by atoms with Gasteiger partial charge in [-0.05, 0) is 74.4 Å². The van der Waals surface area contributed by atoms with Crippen molar-refractivity contribution in [3.8, 4) is 5.75 Å². The Morgan fingerprint density at radius 1 is 1.22 bits per heavy atom. The number of nitrogens with zero attached hydrogens (tertiary/aromatic N) is 1. The number of carbonyl (C=O) groups is 1. The largest absolute Gasteiger partial charge is 0.497 e. The van der Waals surface area contributed by atoms with Crippen LogP contribution >= 0.6 is 0 Å². The molecule has 5 heteroatoms. The SMILES string of the molecule is COc1cccc(CNC(=O)CC[C@@H]2CCCN(Cc3[nH]c4c(C)cccc4c3C)C2)c1. The monoisotopic (exact) mass is 433 g/mol. The van der Waals surface area contributed by atoms with Gasteiger partial charge in [-0.25, -0.2) is 0 Å². The van der Waals surface area contributed by atoms with Crippen LogP contribution in [0.1, 0.15) is 48.1 Å². The van der Waals surface area contributed by atoms with Gasteiger partial charge in [0, 0.05) is 42.7 Å². The lowest BCUT2D eigenvalue weighted by Crippen LogP contribution is -2.35. The number of para-hydroxylation sites is 1. The maximum Gasteiger partial charge on any atom is 0.220 e. The molecule has 1 atom stereocenters. The second-order valence-electron chi connectivity index (χ2n) is 9.14. The van der Waals surface area contributed by atoms with Crippen LogP contribution in [0.3, 0.4) is 0 Å². The summed E-state index contributed by atoms with van der Waals surface area (Å²) >= 11 is 0. The van der Waals surface area contributed by atoms with Gasteiger partial charge in [-0.1, -0.05) is 30.3 Å². The predicted molar refractivity (Wildman–Crippen MR) is 130 cm³/mol. The zero-order valence-corrected chi connectivity index (χ0v) is 19.5. The van der Waals surface area contributed by atoms with Gasteiger partial charge in [0.15, 0.2) is 0 Å². The summed E-state index contributed by atoms with van der Waals surface area (Å²) in [6, 6.07) is 14.4. The average Bonchev–Trinajstić information content (AvgIpc) is 3.13. The van der Waals surface area contributed by atoms with Crippen LogP contribution in [0.5, 0.6) is 5.75 Å². The fourth-order valence-electron chi connectivity index (χ4n) is 4.87. The highest BCUT2D eigenvalue weighted by Crippen LogP contribution is 2.27. The van der Waals surface area contributed by atoms with E-state index in [0.29, 0.717) is 18.9 Å². The quantitative estimate of drug-likeness (QED) is 0.519. The van der Waals surface area contributed by atoms with Crippen LogP contribution < -0.4 is 10.1 Å². The molecule has 1 aliphatic rings. The lowest BCUT2D eigenvalue weighted by Gasteiger charge is -2.32. The van der Waals surface area contributed by atoms with E-state index in [9.17, 15) is 4.79 Å². The topological polar surface area (TPSA) is 57.4 Å². The summed E-state index contributed by atoms with van der Waals surface area (Å²) < 4.78 is 5.25. The summed E-state index contributed by atoms with van der Waals surface area (Å²) in [5.74, 6) is 1.53. The maximum atomic E-state index is 12.4. The third-order valence-corrected chi connectivity index (χ3v) is 6.79. The Hall–Kier alpha value is -2.79. The van der Waals surface area contributed by atoms with E-state index < -0.39 is 0 Å². The van der Waals surface area contributed by atoms with Gasteiger partial charge in [-0.15, -0.1) is 0 Å². The molecule has 5 nitrogen and oxygen atoms in total. The molecule has 32 heavy (non-hydrogen) atoms. The molecule has 2 aromatic carbocycles. The average molecular weight is 434 g/mol. The summed E-state index contributed by atoms with van der Waals surface area (Å²) in [4.78, 5) is 18.6. The highest BCUT2D eigenvalue weighted by atomic mass is 16.5. The molecule has 2 N–H and O–H groups in total. The number of aromatic amines is 1. The standard InChI is InChI=1S/C27H35N3O2/c1-19-7-4-11-24-20(2)25(29-27(19)24)18-30-14-6-9-21(17-30)12-13-26(31)28-16-22-8-5-10-23(15-22)32-3/h4-5,7-8,10-11,15,21,29H,6,9,12-14,16-18H2,1-3H3,(H,28,31)/t21-/m0/s1. The molecule has 1 amide bonds. The Kier molecular flexibility index (Phi) is 7.15. The molecule has 0 bridgehead atoms. The molecular weight excluding hydrogens is 398 g/mol. The molecule has 0 aliphatic carbocycles. The molecule has 1 saturated heterocycles. The third-order valence-electron chi connectivity index (χ3n) is 6.79. The fourth-order valence-corrected chi connectivity index (χ4v) is 4.87. The second kappa shape index (κ2) is 10.2. The summed E-state index contributed by atoms with van der Waals surface area (Å²) in [6.07, 6.45) is 3.96. The minimum absolute atomic E-state index is 0.131. The maximum absolute atomic E-state index is 12.4. The van der Waals surface area contributed by atoms with E-state index in [4.69, 9.17) is 4.74 Å². The lowest BCUT2D eigenvalue weighted by molar-refractivity contribution is -0.121. The van der Waals surface area contributed by atoms with Crippen molar-refractivity contribution in [1.82, 2.24) is 15.2 Å². The van der Waals surface area contributed by atoms with E-state index in [2.05, 4.69) is 47.2 Å². The number of carbonyl (C=O) groups excluding carboxylic acids is 1. The summed E-state index contributed by atoms with van der Waals surface area (Å²) in [5, 5.41) is 4.39. The van der Waals surface area contributed by atoms with Crippen molar-refractivity contribution in [3.63, 3.8) is 0 Å². The first-order valence-electron chi connectivity index (χ1n) is 11.7. The van der Waals surface area contributed by atoms with Crippen LogP contribution in [-0.4, -0.2) is 36.0 Å². The van der Waals surface area contributed by atoms with Gasteiger partial charge in [0.05, 0.1) is 7.11 Å². The Bertz CT molecular complexity index is 1070. The van der Waals surface area contributed by atoms with E-state index in [1.54, 1.807) is 7.11 Å². The number of rotatable bonds is 8. The van der Waals surface area contributed by atoms with Gasteiger partial charge >= 0.3 is 0 Å². The zero-order valence-electron chi connectivity index (χ0n) is 19.5. The van der Waals surface area contributed by atoms with Crippen LogP contribution in [0, 0.1) is 19.8 Å². The number of amides is 1. The van der Waals surface area contributed by atoms with Gasteiger partial charge in [0.25, 0.3) is 0 Å². The summed E-state index contributed by atoms with van der Waals surface area (Å²) in [7, 11) is 1.66. The van der Waals surface area contributed by atoms with Crippen molar-refractivity contribution in [3.05, 3.63) is 64.8 Å². The van der Waals surface area contributed by atoms with E-state index >= 15 is 0 Å². The van der Waals surface area contributed by atoms with Crippen LogP contribution in [0.25, 0.3) is 10.9 Å². The minimum Gasteiger partial charge on any atom is -0.497 e. The Labute approximate surface area is 191 Å². The smallest absolute Gasteiger partial charge is 0.220 e. The number of aryl methyl sites for hydroxylation is 2. The number of hydrogen-bond donors (Lipinski definition) is 2. The molecular formula is C27H35N3O2. The van der Waals surface area contributed by atoms with Gasteiger partial charge in [0.1, 0.15) is 5.75 Å². The van der Waals surface area contributed by atoms with Crippen molar-refractivity contribution >= 4 is 16.8 Å². The van der Waals surface area contributed by atoms with Crippen LogP contribution in [0.15, 0.2) is 42.5 Å². The van der Waals surface area contributed by atoms with Gasteiger partial charge in [0.2, 0.25) is 5.91 Å². The molecule has 1 aromatic heterocycles. The molecule has 2 heterocycles. The Balaban J connectivity index is 1.26. The number of benzene rings is 2. The summed E-state index contributed by atoms with van der Waals surface area (Å²) in [5.41, 5.74) is 6.31. The van der Waals surface area contributed by atoms with E-state index in [1.807, 2.05) is 24.3 Å². The molecule has 1 fully saturated rings. The molecule has 3 aromatic rings. The number of aromatic nitrogens is 1. The molecule has 170 valence electrons. The lowest BCUT2D eigenvalue weighted by atomic mass is 9.93. The predicted octanol–water partition coefficient (Wildman–Crippen LogP) is 5.10. The van der Waals surface area contributed by atoms with Crippen molar-refractivity contribution in [2.75, 3.05) is 20.2 Å². The van der Waals surface area contributed by atoms with E-state index in [0.717, 1.165) is 37.4 Å². The van der Waals surface area contributed by atoms with Crippen molar-refractivity contribution in [2.24, 2.45) is 5.92 Å². The normalized spacial score (nSPS) is 16.9. The van der Waals surface area contributed by atoms with E-state index in [-0.39, 0.29) is 5.91 Å². The van der Waals surface area contributed by atoms with Crippen molar-refractivity contribution in [1.29, 1.82) is 0 Å². The highest BCUT2D eigenvalue weighted by Gasteiger charge is 2.22. The molecule has 0 unspecified atom stereocenters. The van der Waals surface area contributed by atoms with Crippen LogP contribution in [0.4, 0.5) is 0 Å². The minimum atomic E-state index is 0.131. The molecule has 1 aliphatic heterocycles. The number of H-pyrrole nitrogens is 1. The fraction of sp³-hybridized carbons (Fsp3) is 0.444. The van der Waals surface area contributed by atoms with E-state index in [1.165, 1.54) is 40.6 Å². The second-order valence-corrected chi connectivity index (χ2v) is 9.14. The number of piperidine rings is 1. The third kappa shape index (κ3) is 5.33. The number of nitrogens with one attached hydrogen (secondary N) is 2. The molecule has 4 rings (SSSR count). The Morgan fingerprint density at radius 2 is 2.06 bits per heavy atom. The molecule has 0 saturated carbocycles. The van der Waals surface area contributed by atoms with Crippen molar-refractivity contribution < 1.29 is 9.53 Å². The zero-order chi connectivity index (χ0) is 22.5. The van der Waals surface area contributed by atoms with Crippen LogP contribution in [-0.2, 0) is 17.9 Å². The number of hydrogen-bond acceptors (Lipinski definition) is 3. The summed E-state index contributed by atoms with van der Waals surface area (Å²) in [6.45, 7) is 8.09. The van der Waals surface area contributed by atoms with Gasteiger partial charge < -0.3 is 15.0 Å². The Morgan fingerprint density at radius 3 is 2.88 bits per heavy atom.